The molecule has 19 heavy (non-hydrogen) atoms. The fourth-order valence-electron chi connectivity index (χ4n) is 2.02. The number of hydrogen-bond acceptors (Lipinski definition) is 4. The molecule has 0 radical (unpaired) electrons. The fraction of sp³-hybridized carbons (Fsp3) is 0.600. The van der Waals surface area contributed by atoms with Crippen molar-refractivity contribution in [1.29, 1.82) is 0 Å². The molecule has 1 aromatic rings. The van der Waals surface area contributed by atoms with Crippen LogP contribution in [0, 0.1) is 0 Å². The van der Waals surface area contributed by atoms with Gasteiger partial charge >= 0.3 is 0 Å². The molecule has 0 aromatic heterocycles. The van der Waals surface area contributed by atoms with Crippen LogP contribution in [0.5, 0.6) is 11.5 Å². The molecule has 1 aromatic carbocycles. The standard InChI is InChI=1S/C15H26N2O2/c1-4-9-17(5-2)10-8-16-12-13-6-7-14(19-3)11-15(13)18/h6-7,11,16,18H,4-5,8-10,12H2,1-3H3. The number of methoxy groups -OCH3 is 1. The fourth-order valence-corrected chi connectivity index (χ4v) is 2.02. The minimum atomic E-state index is 0.285. The van der Waals surface area contributed by atoms with Crippen LogP contribution in [0.3, 0.4) is 0 Å². The Labute approximate surface area is 116 Å². The molecule has 0 heterocycles. The Bertz CT molecular complexity index is 369. The number of nitrogens with one attached hydrogen (secondary N) is 1. The highest BCUT2D eigenvalue weighted by Crippen LogP contribution is 2.22. The summed E-state index contributed by atoms with van der Waals surface area (Å²) < 4.78 is 5.06. The molecule has 0 aliphatic rings. The number of benzene rings is 1. The van der Waals surface area contributed by atoms with Gasteiger partial charge in [0.2, 0.25) is 0 Å². The quantitative estimate of drug-likeness (QED) is 0.673. The lowest BCUT2D eigenvalue weighted by Crippen LogP contribution is -2.32. The zero-order valence-corrected chi connectivity index (χ0v) is 12.3. The lowest BCUT2D eigenvalue weighted by atomic mass is 10.2. The van der Waals surface area contributed by atoms with Crippen LogP contribution < -0.4 is 10.1 Å². The van der Waals surface area contributed by atoms with Crippen LogP contribution in [0.4, 0.5) is 0 Å². The van der Waals surface area contributed by atoms with Gasteiger partial charge in [-0.15, -0.1) is 0 Å². The van der Waals surface area contributed by atoms with Gasteiger partial charge in [0.25, 0.3) is 0 Å². The predicted octanol–water partition coefficient (Wildman–Crippen LogP) is 2.22. The SMILES string of the molecule is CCCN(CC)CCNCc1ccc(OC)cc1O. The van der Waals surface area contributed by atoms with Crippen molar-refractivity contribution in [2.45, 2.75) is 26.8 Å². The number of phenols is 1. The van der Waals surface area contributed by atoms with Crippen LogP contribution in [0.1, 0.15) is 25.8 Å². The van der Waals surface area contributed by atoms with Crippen LogP contribution in [-0.2, 0) is 6.54 Å². The van der Waals surface area contributed by atoms with Gasteiger partial charge in [0.05, 0.1) is 7.11 Å². The van der Waals surface area contributed by atoms with Gasteiger partial charge in [-0.05, 0) is 25.6 Å². The van der Waals surface area contributed by atoms with Crippen LogP contribution in [-0.4, -0.2) is 43.3 Å². The van der Waals surface area contributed by atoms with E-state index in [2.05, 4.69) is 24.1 Å². The van der Waals surface area contributed by atoms with E-state index in [0.717, 1.165) is 31.7 Å². The maximum Gasteiger partial charge on any atom is 0.123 e. The summed E-state index contributed by atoms with van der Waals surface area (Å²) in [6.45, 7) is 9.27. The van der Waals surface area contributed by atoms with Crippen molar-refractivity contribution in [2.24, 2.45) is 0 Å². The van der Waals surface area contributed by atoms with Gasteiger partial charge < -0.3 is 20.1 Å². The highest BCUT2D eigenvalue weighted by molar-refractivity contribution is 5.39. The van der Waals surface area contributed by atoms with Crippen LogP contribution in [0.2, 0.25) is 0 Å². The highest BCUT2D eigenvalue weighted by Gasteiger charge is 2.03. The summed E-state index contributed by atoms with van der Waals surface area (Å²) >= 11 is 0. The van der Waals surface area contributed by atoms with Gasteiger partial charge in [0.15, 0.2) is 0 Å². The molecule has 0 saturated heterocycles. The zero-order valence-electron chi connectivity index (χ0n) is 12.3. The Morgan fingerprint density at radius 1 is 1.26 bits per heavy atom. The molecule has 1 rings (SSSR count). The first-order chi connectivity index (χ1) is 9.21. The Morgan fingerprint density at radius 2 is 2.05 bits per heavy atom. The number of likely N-dealkylation sites (N-methyl/N-ethyl adjacent to an activating group) is 1. The Hall–Kier alpha value is -1.26. The molecule has 0 aliphatic heterocycles. The van der Waals surface area contributed by atoms with E-state index in [1.807, 2.05) is 12.1 Å². The largest absolute Gasteiger partial charge is 0.507 e. The molecule has 0 atom stereocenters. The van der Waals surface area contributed by atoms with E-state index in [0.29, 0.717) is 12.3 Å². The molecule has 4 nitrogen and oxygen atoms in total. The van der Waals surface area contributed by atoms with Crippen molar-refractivity contribution in [3.05, 3.63) is 23.8 Å². The van der Waals surface area contributed by atoms with E-state index in [-0.39, 0.29) is 5.75 Å². The molecule has 0 unspecified atom stereocenters. The van der Waals surface area contributed by atoms with Gasteiger partial charge in [-0.3, -0.25) is 0 Å². The summed E-state index contributed by atoms with van der Waals surface area (Å²) in [7, 11) is 1.60. The van der Waals surface area contributed by atoms with E-state index < -0.39 is 0 Å². The smallest absolute Gasteiger partial charge is 0.123 e. The van der Waals surface area contributed by atoms with Gasteiger partial charge in [-0.2, -0.15) is 0 Å². The second-order valence-corrected chi connectivity index (χ2v) is 4.61. The van der Waals surface area contributed by atoms with E-state index in [1.54, 1.807) is 13.2 Å². The van der Waals surface area contributed by atoms with Gasteiger partial charge in [-0.25, -0.2) is 0 Å². The monoisotopic (exact) mass is 266 g/mol. The van der Waals surface area contributed by atoms with Crippen LogP contribution in [0.15, 0.2) is 18.2 Å². The number of hydrogen-bond donors (Lipinski definition) is 2. The number of aromatic hydroxyl groups is 1. The Balaban J connectivity index is 2.33. The van der Waals surface area contributed by atoms with E-state index >= 15 is 0 Å². The van der Waals surface area contributed by atoms with E-state index in [4.69, 9.17) is 4.74 Å². The molecule has 108 valence electrons. The second-order valence-electron chi connectivity index (χ2n) is 4.61. The first-order valence-corrected chi connectivity index (χ1v) is 7.00. The summed E-state index contributed by atoms with van der Waals surface area (Å²) in [5, 5.41) is 13.2. The first kappa shape index (κ1) is 15.8. The molecule has 0 spiro atoms. The molecule has 2 N–H and O–H groups in total. The summed E-state index contributed by atoms with van der Waals surface area (Å²) in [5.41, 5.74) is 0.902. The maximum atomic E-state index is 9.83. The molecular weight excluding hydrogens is 240 g/mol. The van der Waals surface area contributed by atoms with E-state index in [9.17, 15) is 5.11 Å². The van der Waals surface area contributed by atoms with Crippen molar-refractivity contribution in [2.75, 3.05) is 33.3 Å². The minimum absolute atomic E-state index is 0.285. The van der Waals surface area contributed by atoms with Crippen molar-refractivity contribution in [1.82, 2.24) is 10.2 Å². The van der Waals surface area contributed by atoms with Crippen LogP contribution >= 0.6 is 0 Å². The third kappa shape index (κ3) is 5.49. The summed E-state index contributed by atoms with van der Waals surface area (Å²) in [4.78, 5) is 2.42. The van der Waals surface area contributed by atoms with Crippen molar-refractivity contribution >= 4 is 0 Å². The molecule has 0 saturated carbocycles. The first-order valence-electron chi connectivity index (χ1n) is 7.00. The van der Waals surface area contributed by atoms with Gasteiger partial charge in [0.1, 0.15) is 11.5 Å². The number of rotatable bonds is 9. The molecule has 0 bridgehead atoms. The van der Waals surface area contributed by atoms with Gasteiger partial charge in [0, 0.05) is 31.3 Å². The number of phenolic OH excluding ortho intramolecular Hbond substituents is 1. The summed E-state index contributed by atoms with van der Waals surface area (Å²) in [6, 6.07) is 5.41. The second kappa shape index (κ2) is 8.77. The maximum absolute atomic E-state index is 9.83. The lowest BCUT2D eigenvalue weighted by molar-refractivity contribution is 0.287. The Morgan fingerprint density at radius 3 is 2.63 bits per heavy atom. The average Bonchev–Trinajstić information content (AvgIpc) is 2.43. The van der Waals surface area contributed by atoms with Crippen molar-refractivity contribution < 1.29 is 9.84 Å². The normalized spacial score (nSPS) is 10.9. The molecular formula is C15H26N2O2. The highest BCUT2D eigenvalue weighted by atomic mass is 16.5. The van der Waals surface area contributed by atoms with Crippen LogP contribution in [0.25, 0.3) is 0 Å². The topological polar surface area (TPSA) is 44.7 Å². The van der Waals surface area contributed by atoms with E-state index in [1.165, 1.54) is 6.42 Å². The summed E-state index contributed by atoms with van der Waals surface area (Å²) in [6.07, 6.45) is 1.19. The zero-order chi connectivity index (χ0) is 14.1. The third-order valence-electron chi connectivity index (χ3n) is 3.20. The minimum Gasteiger partial charge on any atom is -0.507 e. The van der Waals surface area contributed by atoms with Crippen molar-refractivity contribution in [3.63, 3.8) is 0 Å². The predicted molar refractivity (Wildman–Crippen MR) is 78.8 cm³/mol. The molecule has 0 fully saturated rings. The van der Waals surface area contributed by atoms with Gasteiger partial charge in [-0.1, -0.05) is 19.9 Å². The van der Waals surface area contributed by atoms with Crippen molar-refractivity contribution in [3.8, 4) is 11.5 Å². The third-order valence-corrected chi connectivity index (χ3v) is 3.20. The molecule has 0 amide bonds. The molecule has 0 aliphatic carbocycles. The molecule has 4 heteroatoms. The Kier molecular flexibility index (Phi) is 7.30. The lowest BCUT2D eigenvalue weighted by Gasteiger charge is -2.19. The summed E-state index contributed by atoms with van der Waals surface area (Å²) in [5.74, 6) is 0.967. The average molecular weight is 266 g/mol. The number of ether oxygens (including phenoxy) is 1. The number of nitrogens with zero attached hydrogens (tertiary/aromatic N) is 1.